The fourth-order valence-electron chi connectivity index (χ4n) is 2.38. The third-order valence-electron chi connectivity index (χ3n) is 3.62. The summed E-state index contributed by atoms with van der Waals surface area (Å²) in [6.07, 6.45) is -0.265. The van der Waals surface area contributed by atoms with E-state index in [-0.39, 0.29) is 30.3 Å². The van der Waals surface area contributed by atoms with Crippen molar-refractivity contribution in [2.45, 2.75) is 6.42 Å². The first-order valence-electron chi connectivity index (χ1n) is 7.65. The van der Waals surface area contributed by atoms with Gasteiger partial charge in [-0.2, -0.15) is 0 Å². The van der Waals surface area contributed by atoms with Gasteiger partial charge in [-0.3, -0.25) is 9.59 Å². The number of carbonyl (C=O) groups is 4. The van der Waals surface area contributed by atoms with E-state index in [1.807, 2.05) is 0 Å². The van der Waals surface area contributed by atoms with Crippen molar-refractivity contribution >= 4 is 23.9 Å². The second kappa shape index (κ2) is 8.20. The normalized spacial score (nSPS) is 17.0. The van der Waals surface area contributed by atoms with Crippen molar-refractivity contribution in [3.63, 3.8) is 0 Å². The molecule has 2 heterocycles. The Morgan fingerprint density at radius 2 is 1.30 bits per heavy atom. The predicted octanol–water partition coefficient (Wildman–Crippen LogP) is -2.34. The van der Waals surface area contributed by atoms with E-state index in [2.05, 4.69) is 21.3 Å². The molecular formula is C13H22N6O4. The van der Waals surface area contributed by atoms with Gasteiger partial charge in [0.2, 0.25) is 11.8 Å². The highest BCUT2D eigenvalue weighted by atomic mass is 16.2. The molecule has 0 unspecified atom stereocenters. The lowest BCUT2D eigenvalue weighted by molar-refractivity contribution is -0.129. The van der Waals surface area contributed by atoms with E-state index in [0.717, 1.165) is 0 Å². The van der Waals surface area contributed by atoms with Crippen LogP contribution in [0.4, 0.5) is 9.59 Å². The molecule has 2 fully saturated rings. The highest BCUT2D eigenvalue weighted by Crippen LogP contribution is 1.95. The van der Waals surface area contributed by atoms with Crippen LogP contribution in [0.1, 0.15) is 6.42 Å². The molecule has 0 saturated carbocycles. The quantitative estimate of drug-likeness (QED) is 0.373. The first-order valence-corrected chi connectivity index (χ1v) is 7.65. The summed E-state index contributed by atoms with van der Waals surface area (Å²) in [6.45, 7) is 3.94. The average Bonchev–Trinajstić information content (AvgIpc) is 3.08. The van der Waals surface area contributed by atoms with Gasteiger partial charge < -0.3 is 31.1 Å². The van der Waals surface area contributed by atoms with Crippen LogP contribution in [0.25, 0.3) is 0 Å². The van der Waals surface area contributed by atoms with Crippen LogP contribution in [0, 0.1) is 0 Å². The Hall–Kier alpha value is -2.52. The number of rotatable bonds is 8. The van der Waals surface area contributed by atoms with Crippen molar-refractivity contribution < 1.29 is 19.2 Å². The molecule has 23 heavy (non-hydrogen) atoms. The van der Waals surface area contributed by atoms with Crippen molar-refractivity contribution in [3.8, 4) is 0 Å². The third-order valence-corrected chi connectivity index (χ3v) is 3.62. The summed E-state index contributed by atoms with van der Waals surface area (Å²) in [6, 6.07) is -0.272. The Morgan fingerprint density at radius 1 is 0.870 bits per heavy atom. The largest absolute Gasteiger partial charge is 0.354 e. The van der Waals surface area contributed by atoms with Crippen molar-refractivity contribution in [2.75, 3.05) is 52.4 Å². The lowest BCUT2D eigenvalue weighted by atomic mass is 10.3. The van der Waals surface area contributed by atoms with Gasteiger partial charge in [-0.05, 0) is 0 Å². The van der Waals surface area contributed by atoms with E-state index in [4.69, 9.17) is 0 Å². The van der Waals surface area contributed by atoms with Crippen molar-refractivity contribution in [2.24, 2.45) is 0 Å². The van der Waals surface area contributed by atoms with E-state index >= 15 is 0 Å². The standard InChI is InChI=1S/C13H22N6O4/c20-10(14-1-5-18-7-3-16-12(18)22)9-11(21)15-2-6-19-8-4-17-13(19)23/h1-9H2,(H,14,20)(H,15,21)(H,16,22)(H,17,23). The molecule has 2 rings (SSSR count). The molecule has 2 aliphatic rings. The average molecular weight is 326 g/mol. The van der Waals surface area contributed by atoms with Gasteiger partial charge >= 0.3 is 12.1 Å². The number of urea groups is 2. The van der Waals surface area contributed by atoms with Gasteiger partial charge in [0, 0.05) is 52.4 Å². The van der Waals surface area contributed by atoms with Gasteiger partial charge in [0.05, 0.1) is 0 Å². The molecule has 0 aromatic rings. The first-order chi connectivity index (χ1) is 11.1. The van der Waals surface area contributed by atoms with E-state index in [1.165, 1.54) is 0 Å². The Bertz CT molecular complexity index is 441. The minimum absolute atomic E-state index is 0.136. The number of carbonyl (C=O) groups excluding carboxylic acids is 4. The molecule has 0 aromatic carbocycles. The molecule has 10 nitrogen and oxygen atoms in total. The molecule has 2 saturated heterocycles. The van der Waals surface area contributed by atoms with Crippen molar-refractivity contribution in [1.29, 1.82) is 0 Å². The van der Waals surface area contributed by atoms with Crippen LogP contribution in [0.3, 0.4) is 0 Å². The summed E-state index contributed by atoms with van der Waals surface area (Å²) in [4.78, 5) is 49.0. The van der Waals surface area contributed by atoms with Gasteiger partial charge in [0.25, 0.3) is 0 Å². The zero-order chi connectivity index (χ0) is 16.7. The second-order valence-corrected chi connectivity index (χ2v) is 5.31. The summed E-state index contributed by atoms with van der Waals surface area (Å²) in [7, 11) is 0. The van der Waals surface area contributed by atoms with Crippen molar-refractivity contribution in [1.82, 2.24) is 31.1 Å². The molecular weight excluding hydrogens is 304 g/mol. The lowest BCUT2D eigenvalue weighted by Crippen LogP contribution is -2.40. The zero-order valence-electron chi connectivity index (χ0n) is 12.9. The monoisotopic (exact) mass is 326 g/mol. The SMILES string of the molecule is O=C(CC(=O)NCCN1CCNC1=O)NCCN1CCNC1=O. The van der Waals surface area contributed by atoms with Gasteiger partial charge in [0.1, 0.15) is 6.42 Å². The number of amides is 6. The van der Waals surface area contributed by atoms with E-state index in [9.17, 15) is 19.2 Å². The Morgan fingerprint density at radius 3 is 1.65 bits per heavy atom. The summed E-state index contributed by atoms with van der Waals surface area (Å²) < 4.78 is 0. The Labute approximate surface area is 133 Å². The molecule has 0 bridgehead atoms. The maximum Gasteiger partial charge on any atom is 0.317 e. The van der Waals surface area contributed by atoms with Crippen LogP contribution in [0.15, 0.2) is 0 Å². The summed E-state index contributed by atoms with van der Waals surface area (Å²) in [5.74, 6) is -0.776. The fraction of sp³-hybridized carbons (Fsp3) is 0.692. The molecule has 0 radical (unpaired) electrons. The van der Waals surface area contributed by atoms with E-state index < -0.39 is 0 Å². The number of nitrogens with zero attached hydrogens (tertiary/aromatic N) is 2. The minimum atomic E-state index is -0.388. The molecule has 6 amide bonds. The van der Waals surface area contributed by atoms with Gasteiger partial charge in [-0.25, -0.2) is 9.59 Å². The molecule has 2 aliphatic heterocycles. The van der Waals surface area contributed by atoms with E-state index in [0.29, 0.717) is 52.4 Å². The molecule has 4 N–H and O–H groups in total. The van der Waals surface area contributed by atoms with Crippen LogP contribution in [-0.2, 0) is 9.59 Å². The van der Waals surface area contributed by atoms with Gasteiger partial charge in [-0.1, -0.05) is 0 Å². The first kappa shape index (κ1) is 16.8. The molecule has 0 aromatic heterocycles. The third kappa shape index (κ3) is 5.31. The topological polar surface area (TPSA) is 123 Å². The molecule has 0 spiro atoms. The van der Waals surface area contributed by atoms with Crippen molar-refractivity contribution in [3.05, 3.63) is 0 Å². The highest BCUT2D eigenvalue weighted by molar-refractivity contribution is 5.96. The summed E-state index contributed by atoms with van der Waals surface area (Å²) >= 11 is 0. The zero-order valence-corrected chi connectivity index (χ0v) is 12.9. The van der Waals surface area contributed by atoms with E-state index in [1.54, 1.807) is 9.80 Å². The fourth-order valence-corrected chi connectivity index (χ4v) is 2.38. The molecule has 128 valence electrons. The predicted molar refractivity (Wildman–Crippen MR) is 80.6 cm³/mol. The number of nitrogens with one attached hydrogen (secondary N) is 4. The second-order valence-electron chi connectivity index (χ2n) is 5.31. The molecule has 0 atom stereocenters. The Kier molecular flexibility index (Phi) is 6.01. The van der Waals surface area contributed by atoms with Crippen LogP contribution >= 0.6 is 0 Å². The number of hydrogen-bond donors (Lipinski definition) is 4. The maximum absolute atomic E-state index is 11.6. The van der Waals surface area contributed by atoms with Crippen LogP contribution in [-0.4, -0.2) is 86.0 Å². The molecule has 10 heteroatoms. The van der Waals surface area contributed by atoms with Crippen LogP contribution in [0.5, 0.6) is 0 Å². The van der Waals surface area contributed by atoms with Crippen LogP contribution < -0.4 is 21.3 Å². The lowest BCUT2D eigenvalue weighted by Gasteiger charge is -2.15. The van der Waals surface area contributed by atoms with Gasteiger partial charge in [0.15, 0.2) is 0 Å². The summed E-state index contributed by atoms with van der Waals surface area (Å²) in [5.41, 5.74) is 0. The summed E-state index contributed by atoms with van der Waals surface area (Å²) in [5, 5.41) is 10.5. The highest BCUT2D eigenvalue weighted by Gasteiger charge is 2.20. The maximum atomic E-state index is 11.6. The number of hydrogen-bond acceptors (Lipinski definition) is 4. The van der Waals surface area contributed by atoms with Gasteiger partial charge in [-0.15, -0.1) is 0 Å². The smallest absolute Gasteiger partial charge is 0.317 e. The Balaban J connectivity index is 1.53. The minimum Gasteiger partial charge on any atom is -0.354 e. The molecule has 0 aliphatic carbocycles. The van der Waals surface area contributed by atoms with Crippen LogP contribution in [0.2, 0.25) is 0 Å².